The first-order valence-corrected chi connectivity index (χ1v) is 5.48. The van der Waals surface area contributed by atoms with Crippen LogP contribution in [0.3, 0.4) is 0 Å². The van der Waals surface area contributed by atoms with Gasteiger partial charge in [-0.3, -0.25) is 4.79 Å². The summed E-state index contributed by atoms with van der Waals surface area (Å²) in [5.41, 5.74) is 0.563. The van der Waals surface area contributed by atoms with Gasteiger partial charge in [-0.15, -0.1) is 0 Å². The number of aliphatic hydroxyl groups excluding tert-OH is 1. The molecule has 82 valence electrons. The summed E-state index contributed by atoms with van der Waals surface area (Å²) in [4.78, 5) is 11.4. The van der Waals surface area contributed by atoms with Crippen molar-refractivity contribution in [2.24, 2.45) is 0 Å². The van der Waals surface area contributed by atoms with Crippen molar-refractivity contribution in [2.75, 3.05) is 0 Å². The molecule has 0 fully saturated rings. The Labute approximate surface area is 96.2 Å². The summed E-state index contributed by atoms with van der Waals surface area (Å²) in [6.07, 6.45) is -0.528. The predicted molar refractivity (Wildman–Crippen MR) is 59.1 cm³/mol. The number of carbonyl (C=O) groups is 1. The van der Waals surface area contributed by atoms with E-state index >= 15 is 0 Å². The van der Waals surface area contributed by atoms with Crippen LogP contribution in [0.1, 0.15) is 18.9 Å². The van der Waals surface area contributed by atoms with Gasteiger partial charge >= 0.3 is 0 Å². The zero-order valence-corrected chi connectivity index (χ0v) is 9.92. The molecule has 0 saturated heterocycles. The number of hydrogen-bond donors (Lipinski definition) is 1. The minimum absolute atomic E-state index is 0.0490. The molecule has 4 heteroatoms. The van der Waals surface area contributed by atoms with Gasteiger partial charge in [0.15, 0.2) is 5.78 Å². The first-order valence-electron chi connectivity index (χ1n) is 4.69. The number of Topliss-reactive ketones (excluding diaryl/α,β-unsaturated/α-hetero) is 1. The molecule has 0 spiro atoms. The average molecular weight is 275 g/mol. The van der Waals surface area contributed by atoms with Gasteiger partial charge in [-0.1, -0.05) is 22.9 Å². The maximum atomic E-state index is 12.9. The highest BCUT2D eigenvalue weighted by molar-refractivity contribution is 9.10. The van der Waals surface area contributed by atoms with Crippen LogP contribution in [0, 0.1) is 5.82 Å². The maximum Gasteiger partial charge on any atom is 0.165 e. The van der Waals surface area contributed by atoms with E-state index in [1.165, 1.54) is 12.1 Å². The number of hydrogen-bond acceptors (Lipinski definition) is 2. The fraction of sp³-hybridized carbons (Fsp3) is 0.364. The second kappa shape index (κ2) is 5.37. The van der Waals surface area contributed by atoms with E-state index in [0.717, 1.165) is 0 Å². The molecule has 0 bridgehead atoms. The topological polar surface area (TPSA) is 37.3 Å². The summed E-state index contributed by atoms with van der Waals surface area (Å²) >= 11 is 3.23. The smallest absolute Gasteiger partial charge is 0.165 e. The molecule has 2 nitrogen and oxygen atoms in total. The SMILES string of the molecule is CCC(O)C(=O)Cc1cc(F)ccc1Br. The van der Waals surface area contributed by atoms with Gasteiger partial charge in [-0.2, -0.15) is 0 Å². The van der Waals surface area contributed by atoms with Crippen molar-refractivity contribution in [2.45, 2.75) is 25.9 Å². The van der Waals surface area contributed by atoms with Gasteiger partial charge in [0, 0.05) is 10.9 Å². The lowest BCUT2D eigenvalue weighted by Crippen LogP contribution is -2.21. The lowest BCUT2D eigenvalue weighted by molar-refractivity contribution is -0.126. The highest BCUT2D eigenvalue weighted by atomic mass is 79.9. The van der Waals surface area contributed by atoms with Crippen molar-refractivity contribution < 1.29 is 14.3 Å². The highest BCUT2D eigenvalue weighted by Crippen LogP contribution is 2.19. The van der Waals surface area contributed by atoms with Crippen molar-refractivity contribution in [3.63, 3.8) is 0 Å². The minimum atomic E-state index is -0.958. The molecular formula is C11H12BrFO2. The second-order valence-electron chi connectivity index (χ2n) is 3.30. The van der Waals surface area contributed by atoms with Crippen LogP contribution in [-0.2, 0) is 11.2 Å². The van der Waals surface area contributed by atoms with Crippen LogP contribution in [0.15, 0.2) is 22.7 Å². The van der Waals surface area contributed by atoms with E-state index in [-0.39, 0.29) is 18.0 Å². The predicted octanol–water partition coefficient (Wildman–Crippen LogP) is 2.47. The Morgan fingerprint density at radius 3 is 2.87 bits per heavy atom. The van der Waals surface area contributed by atoms with E-state index < -0.39 is 6.10 Å². The second-order valence-corrected chi connectivity index (χ2v) is 4.16. The fourth-order valence-electron chi connectivity index (χ4n) is 1.21. The van der Waals surface area contributed by atoms with Crippen molar-refractivity contribution in [1.29, 1.82) is 0 Å². The Morgan fingerprint density at radius 2 is 2.27 bits per heavy atom. The van der Waals surface area contributed by atoms with E-state index in [9.17, 15) is 14.3 Å². The molecule has 0 aromatic heterocycles. The average Bonchev–Trinajstić information content (AvgIpc) is 2.22. The maximum absolute atomic E-state index is 12.9. The number of aliphatic hydroxyl groups is 1. The van der Waals surface area contributed by atoms with E-state index in [4.69, 9.17) is 0 Å². The van der Waals surface area contributed by atoms with E-state index in [2.05, 4.69) is 15.9 Å². The Hall–Kier alpha value is -0.740. The third-order valence-electron chi connectivity index (χ3n) is 2.13. The number of halogens is 2. The molecule has 0 aliphatic rings. The van der Waals surface area contributed by atoms with Crippen LogP contribution in [0.4, 0.5) is 4.39 Å². The van der Waals surface area contributed by atoms with Gasteiger partial charge in [0.25, 0.3) is 0 Å². The standard InChI is InChI=1S/C11H12BrFO2/c1-2-10(14)11(15)6-7-5-8(13)3-4-9(7)12/h3-5,10,14H,2,6H2,1H3. The first kappa shape index (κ1) is 12.3. The summed E-state index contributed by atoms with van der Waals surface area (Å²) in [5, 5.41) is 9.29. The normalized spacial score (nSPS) is 12.5. The minimum Gasteiger partial charge on any atom is -0.385 e. The van der Waals surface area contributed by atoms with Crippen LogP contribution < -0.4 is 0 Å². The molecule has 15 heavy (non-hydrogen) atoms. The highest BCUT2D eigenvalue weighted by Gasteiger charge is 2.14. The Balaban J connectivity index is 2.80. The lowest BCUT2D eigenvalue weighted by Gasteiger charge is -2.08. The lowest BCUT2D eigenvalue weighted by atomic mass is 10.0. The molecule has 0 amide bonds. The Morgan fingerprint density at radius 1 is 1.60 bits per heavy atom. The zero-order valence-electron chi connectivity index (χ0n) is 8.34. The summed E-state index contributed by atoms with van der Waals surface area (Å²) in [6.45, 7) is 1.73. The van der Waals surface area contributed by atoms with E-state index in [1.54, 1.807) is 13.0 Å². The van der Waals surface area contributed by atoms with Crippen LogP contribution >= 0.6 is 15.9 Å². The molecular weight excluding hydrogens is 263 g/mol. The van der Waals surface area contributed by atoms with E-state index in [1.807, 2.05) is 0 Å². The zero-order chi connectivity index (χ0) is 11.4. The van der Waals surface area contributed by atoms with Gasteiger partial charge in [-0.05, 0) is 30.2 Å². The van der Waals surface area contributed by atoms with Crippen molar-refractivity contribution in [3.8, 4) is 0 Å². The first-order chi connectivity index (χ1) is 7.04. The Bertz CT molecular complexity index is 366. The summed E-state index contributed by atoms with van der Waals surface area (Å²) in [6, 6.07) is 4.16. The molecule has 0 aliphatic carbocycles. The quantitative estimate of drug-likeness (QED) is 0.916. The molecule has 0 saturated carbocycles. The van der Waals surface area contributed by atoms with Crippen molar-refractivity contribution in [3.05, 3.63) is 34.1 Å². The number of ketones is 1. The van der Waals surface area contributed by atoms with Gasteiger partial charge in [-0.25, -0.2) is 4.39 Å². The van der Waals surface area contributed by atoms with Crippen LogP contribution in [0.5, 0.6) is 0 Å². The fourth-order valence-corrected chi connectivity index (χ4v) is 1.60. The Kier molecular flexibility index (Phi) is 4.42. The largest absolute Gasteiger partial charge is 0.385 e. The monoisotopic (exact) mass is 274 g/mol. The molecule has 1 aromatic rings. The molecule has 0 heterocycles. The van der Waals surface area contributed by atoms with Crippen LogP contribution in [0.25, 0.3) is 0 Å². The van der Waals surface area contributed by atoms with Crippen molar-refractivity contribution >= 4 is 21.7 Å². The summed E-state index contributed by atoms with van der Waals surface area (Å²) < 4.78 is 13.6. The van der Waals surface area contributed by atoms with E-state index in [0.29, 0.717) is 16.5 Å². The molecule has 1 aromatic carbocycles. The van der Waals surface area contributed by atoms with Crippen LogP contribution in [0.2, 0.25) is 0 Å². The number of benzene rings is 1. The third kappa shape index (κ3) is 3.39. The number of carbonyl (C=O) groups excluding carboxylic acids is 1. The summed E-state index contributed by atoms with van der Waals surface area (Å²) in [5.74, 6) is -0.671. The molecule has 1 N–H and O–H groups in total. The molecule has 0 radical (unpaired) electrons. The third-order valence-corrected chi connectivity index (χ3v) is 2.90. The van der Waals surface area contributed by atoms with Gasteiger partial charge in [0.1, 0.15) is 11.9 Å². The van der Waals surface area contributed by atoms with Crippen LogP contribution in [-0.4, -0.2) is 17.0 Å². The van der Waals surface area contributed by atoms with Crippen molar-refractivity contribution in [1.82, 2.24) is 0 Å². The summed E-state index contributed by atoms with van der Waals surface area (Å²) in [7, 11) is 0. The van der Waals surface area contributed by atoms with Gasteiger partial charge in [0.05, 0.1) is 0 Å². The van der Waals surface area contributed by atoms with Gasteiger partial charge < -0.3 is 5.11 Å². The molecule has 1 rings (SSSR count). The number of rotatable bonds is 4. The molecule has 0 aliphatic heterocycles. The van der Waals surface area contributed by atoms with Gasteiger partial charge in [0.2, 0.25) is 0 Å². The molecule has 1 atom stereocenters. The molecule has 1 unspecified atom stereocenters.